The van der Waals surface area contributed by atoms with Gasteiger partial charge in [-0.05, 0) is 70.6 Å². The van der Waals surface area contributed by atoms with Crippen LogP contribution >= 0.6 is 0 Å². The van der Waals surface area contributed by atoms with Crippen molar-refractivity contribution in [3.8, 4) is 0 Å². The largest absolute Gasteiger partial charge is 0.396 e. The molecule has 0 aromatic carbocycles. The molecule has 0 aromatic heterocycles. The average Bonchev–Trinajstić information content (AvgIpc) is 3.11. The fraction of sp³-hybridized carbons (Fsp3) is 1.00. The van der Waals surface area contributed by atoms with Crippen molar-refractivity contribution in [1.82, 2.24) is 0 Å². The summed E-state index contributed by atoms with van der Waals surface area (Å²) in [5.41, 5.74) is -0.261. The maximum Gasteiger partial charge on any atom is 0.0546 e. The van der Waals surface area contributed by atoms with Gasteiger partial charge >= 0.3 is 0 Å². The quantitative estimate of drug-likeness (QED) is 0.0888. The van der Waals surface area contributed by atoms with Gasteiger partial charge in [0.25, 0.3) is 0 Å². The standard InChI is InChI=1S/C36H74O13/c1-39-16-5-20-43-26-10-30-48-34-36(12-32-46-28-8-23-42-19-4-15-38,35-49-31-11-27-44-21-6-17-40-2)13-33-47-29-9-25-45-24-7-22-41-18-3-14-37/h37-38H,3-35H2,1-2H3. The van der Waals surface area contributed by atoms with Crippen molar-refractivity contribution in [2.45, 2.75) is 70.6 Å². The van der Waals surface area contributed by atoms with Crippen molar-refractivity contribution in [1.29, 1.82) is 0 Å². The molecular formula is C36H74O13. The summed E-state index contributed by atoms with van der Waals surface area (Å²) in [6, 6.07) is 0. The van der Waals surface area contributed by atoms with Crippen LogP contribution in [0.1, 0.15) is 70.6 Å². The Morgan fingerprint density at radius 1 is 0.306 bits per heavy atom. The fourth-order valence-electron chi connectivity index (χ4n) is 4.58. The predicted octanol–water partition coefficient (Wildman–Crippen LogP) is 3.69. The molecule has 0 aromatic rings. The molecule has 296 valence electrons. The first-order valence-electron chi connectivity index (χ1n) is 18.6. The van der Waals surface area contributed by atoms with E-state index in [2.05, 4.69) is 0 Å². The number of aliphatic hydroxyl groups is 2. The Labute approximate surface area is 297 Å². The molecule has 0 aliphatic heterocycles. The van der Waals surface area contributed by atoms with Crippen LogP contribution in [0.5, 0.6) is 0 Å². The molecule has 0 rings (SSSR count). The molecule has 0 amide bonds. The lowest BCUT2D eigenvalue weighted by molar-refractivity contribution is -0.0628. The second-order valence-corrected chi connectivity index (χ2v) is 12.0. The first kappa shape index (κ1) is 48.5. The number of methoxy groups -OCH3 is 2. The smallest absolute Gasteiger partial charge is 0.0546 e. The highest BCUT2D eigenvalue weighted by Crippen LogP contribution is 2.29. The summed E-state index contributed by atoms with van der Waals surface area (Å²) < 4.78 is 62.8. The molecule has 0 atom stereocenters. The lowest BCUT2D eigenvalue weighted by atomic mass is 9.83. The maximum atomic E-state index is 8.91. The minimum Gasteiger partial charge on any atom is -0.396 e. The molecule has 0 saturated carbocycles. The molecule has 0 fully saturated rings. The normalized spacial score (nSPS) is 12.0. The molecule has 0 bridgehead atoms. The van der Waals surface area contributed by atoms with Gasteiger partial charge in [0.15, 0.2) is 0 Å². The van der Waals surface area contributed by atoms with Crippen molar-refractivity contribution in [3.63, 3.8) is 0 Å². The molecule has 0 spiro atoms. The van der Waals surface area contributed by atoms with Gasteiger partial charge in [-0.1, -0.05) is 0 Å². The molecule has 2 N–H and O–H groups in total. The predicted molar refractivity (Wildman–Crippen MR) is 189 cm³/mol. The van der Waals surface area contributed by atoms with Crippen LogP contribution < -0.4 is 0 Å². The zero-order chi connectivity index (χ0) is 35.6. The molecule has 13 heteroatoms. The summed E-state index contributed by atoms with van der Waals surface area (Å²) in [5, 5.41) is 17.7. The molecule has 13 nitrogen and oxygen atoms in total. The molecule has 0 heterocycles. The van der Waals surface area contributed by atoms with E-state index in [-0.39, 0.29) is 18.6 Å². The van der Waals surface area contributed by atoms with E-state index in [9.17, 15) is 0 Å². The van der Waals surface area contributed by atoms with Gasteiger partial charge in [0.1, 0.15) is 0 Å². The third kappa shape index (κ3) is 37.1. The summed E-state index contributed by atoms with van der Waals surface area (Å²) in [7, 11) is 3.40. The molecule has 49 heavy (non-hydrogen) atoms. The van der Waals surface area contributed by atoms with Crippen LogP contribution in [0.4, 0.5) is 0 Å². The van der Waals surface area contributed by atoms with E-state index in [0.717, 1.165) is 57.8 Å². The van der Waals surface area contributed by atoms with Gasteiger partial charge in [-0.2, -0.15) is 0 Å². The molecule has 0 saturated heterocycles. The van der Waals surface area contributed by atoms with E-state index in [1.165, 1.54) is 0 Å². The Bertz CT molecular complexity index is 548. The van der Waals surface area contributed by atoms with Crippen LogP contribution in [-0.2, 0) is 52.1 Å². The zero-order valence-corrected chi connectivity index (χ0v) is 31.2. The molecule has 0 radical (unpaired) electrons. The summed E-state index contributed by atoms with van der Waals surface area (Å²) >= 11 is 0. The van der Waals surface area contributed by atoms with Gasteiger partial charge in [0, 0.05) is 152 Å². The summed E-state index contributed by atoms with van der Waals surface area (Å²) in [6.45, 7) is 12.8. The Morgan fingerprint density at radius 2 is 0.551 bits per heavy atom. The highest BCUT2D eigenvalue weighted by Gasteiger charge is 2.31. The Kier molecular flexibility index (Phi) is 41.5. The lowest BCUT2D eigenvalue weighted by Crippen LogP contribution is -2.36. The van der Waals surface area contributed by atoms with Crippen LogP contribution in [0.2, 0.25) is 0 Å². The average molecular weight is 715 g/mol. The summed E-state index contributed by atoms with van der Waals surface area (Å²) in [6.07, 6.45) is 8.78. The first-order chi connectivity index (χ1) is 24.2. The third-order valence-electron chi connectivity index (χ3n) is 7.42. The lowest BCUT2D eigenvalue weighted by Gasteiger charge is -2.33. The SMILES string of the molecule is COCCCOCCCOCC(CCOCCCOCCCO)(CCOCCCOCCCOCCCO)COCCCOCCCOC. The fourth-order valence-corrected chi connectivity index (χ4v) is 4.58. The minimum absolute atomic E-state index is 0.145. The number of hydrogen-bond acceptors (Lipinski definition) is 13. The Balaban J connectivity index is 4.81. The van der Waals surface area contributed by atoms with E-state index in [1.54, 1.807) is 14.2 Å². The first-order valence-corrected chi connectivity index (χ1v) is 18.6. The van der Waals surface area contributed by atoms with Crippen LogP contribution in [0.25, 0.3) is 0 Å². The van der Waals surface area contributed by atoms with Gasteiger partial charge in [-0.3, -0.25) is 0 Å². The number of hydrogen-bond donors (Lipinski definition) is 2. The molecule has 0 aliphatic carbocycles. The summed E-state index contributed by atoms with van der Waals surface area (Å²) in [5.74, 6) is 0. The van der Waals surface area contributed by atoms with Crippen molar-refractivity contribution < 1.29 is 62.3 Å². The van der Waals surface area contributed by atoms with Crippen LogP contribution in [-0.4, -0.2) is 170 Å². The van der Waals surface area contributed by atoms with Gasteiger partial charge < -0.3 is 62.3 Å². The van der Waals surface area contributed by atoms with Crippen molar-refractivity contribution in [2.24, 2.45) is 5.41 Å². The van der Waals surface area contributed by atoms with E-state index < -0.39 is 0 Å². The van der Waals surface area contributed by atoms with Gasteiger partial charge in [-0.15, -0.1) is 0 Å². The number of ether oxygens (including phenoxy) is 11. The van der Waals surface area contributed by atoms with Crippen LogP contribution in [0.15, 0.2) is 0 Å². The Hall–Kier alpha value is -0.520. The highest BCUT2D eigenvalue weighted by atomic mass is 16.5. The van der Waals surface area contributed by atoms with E-state index in [4.69, 9.17) is 62.3 Å². The van der Waals surface area contributed by atoms with E-state index in [0.29, 0.717) is 145 Å². The highest BCUT2D eigenvalue weighted by molar-refractivity contribution is 4.80. The topological polar surface area (TPSA) is 142 Å². The Morgan fingerprint density at radius 3 is 0.837 bits per heavy atom. The van der Waals surface area contributed by atoms with Crippen LogP contribution in [0.3, 0.4) is 0 Å². The van der Waals surface area contributed by atoms with Crippen molar-refractivity contribution >= 4 is 0 Å². The molecule has 0 unspecified atom stereocenters. The maximum absolute atomic E-state index is 8.91. The van der Waals surface area contributed by atoms with Crippen molar-refractivity contribution in [2.75, 3.05) is 160 Å². The molecular weight excluding hydrogens is 640 g/mol. The second-order valence-electron chi connectivity index (χ2n) is 12.0. The van der Waals surface area contributed by atoms with Gasteiger partial charge in [-0.25, -0.2) is 0 Å². The molecule has 0 aliphatic rings. The zero-order valence-electron chi connectivity index (χ0n) is 31.2. The number of aliphatic hydroxyl groups excluding tert-OH is 2. The number of rotatable bonds is 44. The van der Waals surface area contributed by atoms with Crippen molar-refractivity contribution in [3.05, 3.63) is 0 Å². The second kappa shape index (κ2) is 41.9. The van der Waals surface area contributed by atoms with E-state index >= 15 is 0 Å². The third-order valence-corrected chi connectivity index (χ3v) is 7.42. The monoisotopic (exact) mass is 715 g/mol. The van der Waals surface area contributed by atoms with Crippen LogP contribution in [0, 0.1) is 5.41 Å². The van der Waals surface area contributed by atoms with E-state index in [1.807, 2.05) is 0 Å². The summed E-state index contributed by atoms with van der Waals surface area (Å²) in [4.78, 5) is 0. The van der Waals surface area contributed by atoms with Gasteiger partial charge in [0.05, 0.1) is 13.2 Å². The minimum atomic E-state index is -0.261. The van der Waals surface area contributed by atoms with Gasteiger partial charge in [0.2, 0.25) is 0 Å².